The quantitative estimate of drug-likeness (QED) is 0.607. The molecule has 7 nitrogen and oxygen atoms in total. The minimum Gasteiger partial charge on any atom is -0.497 e. The first-order valence-electron chi connectivity index (χ1n) is 8.67. The second kappa shape index (κ2) is 8.80. The van der Waals surface area contributed by atoms with Crippen LogP contribution in [0.15, 0.2) is 24.3 Å². The van der Waals surface area contributed by atoms with Gasteiger partial charge in [-0.25, -0.2) is 0 Å². The number of hydrogen-bond donors (Lipinski definition) is 3. The van der Waals surface area contributed by atoms with Gasteiger partial charge < -0.3 is 20.3 Å². The first kappa shape index (κ1) is 19.9. The second-order valence-electron chi connectivity index (χ2n) is 6.81. The molecule has 3 N–H and O–H groups in total. The van der Waals surface area contributed by atoms with E-state index in [9.17, 15) is 24.6 Å². The summed E-state index contributed by atoms with van der Waals surface area (Å²) in [5.74, 6) is -2.09. The molecule has 0 spiro atoms. The SMILES string of the molecule is COc1ccc(C[C@H](CC(=O)[C@@H](C)NC(=O)C2CC(O)C2)C(=O)O)cc1. The van der Waals surface area contributed by atoms with Crippen LogP contribution in [0.25, 0.3) is 0 Å². The van der Waals surface area contributed by atoms with E-state index >= 15 is 0 Å². The molecule has 2 atom stereocenters. The van der Waals surface area contributed by atoms with Crippen molar-refractivity contribution < 1.29 is 29.3 Å². The minimum atomic E-state index is -1.05. The number of aliphatic carboxylic acids is 1. The Kier molecular flexibility index (Phi) is 6.74. The summed E-state index contributed by atoms with van der Waals surface area (Å²) >= 11 is 0. The van der Waals surface area contributed by atoms with Crippen molar-refractivity contribution in [2.24, 2.45) is 11.8 Å². The average molecular weight is 363 g/mol. The number of aliphatic hydroxyl groups is 1. The summed E-state index contributed by atoms with van der Waals surface area (Å²) in [6.45, 7) is 1.56. The van der Waals surface area contributed by atoms with E-state index in [1.165, 1.54) is 0 Å². The maximum atomic E-state index is 12.3. The first-order chi connectivity index (χ1) is 12.3. The van der Waals surface area contributed by atoms with Crippen LogP contribution in [0, 0.1) is 11.8 Å². The number of Topliss-reactive ketones (excluding diaryl/α,β-unsaturated/α-hetero) is 1. The fourth-order valence-electron chi connectivity index (χ4n) is 2.93. The molecular formula is C19H25NO6. The fourth-order valence-corrected chi connectivity index (χ4v) is 2.93. The summed E-state index contributed by atoms with van der Waals surface area (Å²) in [5.41, 5.74) is 0.797. The Bertz CT molecular complexity index is 650. The van der Waals surface area contributed by atoms with E-state index in [2.05, 4.69) is 5.32 Å². The van der Waals surface area contributed by atoms with Crippen LogP contribution in [-0.4, -0.2) is 47.1 Å². The predicted molar refractivity (Wildman–Crippen MR) is 93.8 cm³/mol. The summed E-state index contributed by atoms with van der Waals surface area (Å²) in [7, 11) is 1.55. The monoisotopic (exact) mass is 363 g/mol. The van der Waals surface area contributed by atoms with Gasteiger partial charge in [0.05, 0.1) is 25.2 Å². The van der Waals surface area contributed by atoms with E-state index in [-0.39, 0.29) is 30.4 Å². The summed E-state index contributed by atoms with van der Waals surface area (Å²) in [4.78, 5) is 35.8. The maximum absolute atomic E-state index is 12.3. The lowest BCUT2D eigenvalue weighted by Crippen LogP contribution is -2.47. The van der Waals surface area contributed by atoms with Crippen molar-refractivity contribution in [2.75, 3.05) is 7.11 Å². The molecule has 142 valence electrons. The third-order valence-corrected chi connectivity index (χ3v) is 4.76. The molecule has 1 saturated carbocycles. The van der Waals surface area contributed by atoms with Crippen LogP contribution in [-0.2, 0) is 20.8 Å². The lowest BCUT2D eigenvalue weighted by molar-refractivity contribution is -0.144. The number of amides is 1. The Balaban J connectivity index is 1.89. The zero-order valence-electron chi connectivity index (χ0n) is 15.0. The third kappa shape index (κ3) is 5.29. The second-order valence-corrected chi connectivity index (χ2v) is 6.81. The van der Waals surface area contributed by atoms with E-state index in [0.29, 0.717) is 18.6 Å². The summed E-state index contributed by atoms with van der Waals surface area (Å²) in [5, 5.41) is 21.3. The zero-order chi connectivity index (χ0) is 19.3. The van der Waals surface area contributed by atoms with Gasteiger partial charge in [-0.3, -0.25) is 14.4 Å². The van der Waals surface area contributed by atoms with Crippen molar-refractivity contribution in [1.82, 2.24) is 5.32 Å². The van der Waals surface area contributed by atoms with Crippen molar-refractivity contribution in [3.8, 4) is 5.75 Å². The van der Waals surface area contributed by atoms with Gasteiger partial charge in [-0.2, -0.15) is 0 Å². The first-order valence-corrected chi connectivity index (χ1v) is 8.67. The molecule has 0 aliphatic heterocycles. The number of rotatable bonds is 9. The fraction of sp³-hybridized carbons (Fsp3) is 0.526. The van der Waals surface area contributed by atoms with Gasteiger partial charge in [0.2, 0.25) is 5.91 Å². The van der Waals surface area contributed by atoms with Gasteiger partial charge in [-0.15, -0.1) is 0 Å². The van der Waals surface area contributed by atoms with Crippen LogP contribution in [0.4, 0.5) is 0 Å². The Morgan fingerprint density at radius 2 is 1.85 bits per heavy atom. The molecule has 26 heavy (non-hydrogen) atoms. The van der Waals surface area contributed by atoms with E-state index in [1.54, 1.807) is 38.3 Å². The minimum absolute atomic E-state index is 0.157. The molecule has 0 radical (unpaired) electrons. The molecule has 1 amide bonds. The molecule has 1 aromatic carbocycles. The van der Waals surface area contributed by atoms with Crippen LogP contribution in [0.3, 0.4) is 0 Å². The predicted octanol–water partition coefficient (Wildman–Crippen LogP) is 1.17. The van der Waals surface area contributed by atoms with Crippen LogP contribution < -0.4 is 10.1 Å². The number of carbonyl (C=O) groups is 3. The van der Waals surface area contributed by atoms with Gasteiger partial charge in [0, 0.05) is 12.3 Å². The van der Waals surface area contributed by atoms with E-state index in [4.69, 9.17) is 4.74 Å². The number of hydrogen-bond acceptors (Lipinski definition) is 5. The number of methoxy groups -OCH3 is 1. The molecule has 0 unspecified atom stereocenters. The smallest absolute Gasteiger partial charge is 0.307 e. The molecule has 0 heterocycles. The normalized spacial score (nSPS) is 21.2. The van der Waals surface area contributed by atoms with Gasteiger partial charge >= 0.3 is 5.97 Å². The molecule has 1 fully saturated rings. The summed E-state index contributed by atoms with van der Waals surface area (Å²) in [6, 6.07) is 6.27. The van der Waals surface area contributed by atoms with E-state index in [1.807, 2.05) is 0 Å². The van der Waals surface area contributed by atoms with Crippen LogP contribution in [0.5, 0.6) is 5.75 Å². The Morgan fingerprint density at radius 1 is 1.23 bits per heavy atom. The molecule has 1 aliphatic rings. The highest BCUT2D eigenvalue weighted by Gasteiger charge is 2.34. The molecule has 2 rings (SSSR count). The van der Waals surface area contributed by atoms with Crippen molar-refractivity contribution in [2.45, 2.75) is 44.8 Å². The van der Waals surface area contributed by atoms with Crippen molar-refractivity contribution in [3.05, 3.63) is 29.8 Å². The van der Waals surface area contributed by atoms with Crippen molar-refractivity contribution in [3.63, 3.8) is 0 Å². The van der Waals surface area contributed by atoms with Crippen LogP contribution in [0.2, 0.25) is 0 Å². The Morgan fingerprint density at radius 3 is 2.35 bits per heavy atom. The molecular weight excluding hydrogens is 338 g/mol. The van der Waals surface area contributed by atoms with Gasteiger partial charge in [0.1, 0.15) is 5.75 Å². The number of carbonyl (C=O) groups excluding carboxylic acids is 2. The molecule has 0 saturated heterocycles. The number of carboxylic acids is 1. The Labute approximate surface area is 152 Å². The number of ether oxygens (including phenoxy) is 1. The largest absolute Gasteiger partial charge is 0.497 e. The van der Waals surface area contributed by atoms with E-state index in [0.717, 1.165) is 5.56 Å². The van der Waals surface area contributed by atoms with Crippen molar-refractivity contribution >= 4 is 17.7 Å². The summed E-state index contributed by atoms with van der Waals surface area (Å²) < 4.78 is 5.07. The lowest BCUT2D eigenvalue weighted by Gasteiger charge is -2.31. The standard InChI is InChI=1S/C19H25NO6/c1-11(20-18(23)13-8-15(21)9-13)17(22)10-14(19(24)25)7-12-3-5-16(26-2)6-4-12/h3-6,11,13-15,21H,7-10H2,1-2H3,(H,20,23)(H,24,25)/t11-,13?,14-,15?/m1/s1. The number of aliphatic hydroxyl groups excluding tert-OH is 1. The van der Waals surface area contributed by atoms with Gasteiger partial charge in [-0.1, -0.05) is 12.1 Å². The molecule has 7 heteroatoms. The number of nitrogens with one attached hydrogen (secondary N) is 1. The lowest BCUT2D eigenvalue weighted by atomic mass is 9.81. The molecule has 0 bridgehead atoms. The molecule has 1 aliphatic carbocycles. The number of benzene rings is 1. The average Bonchev–Trinajstić information content (AvgIpc) is 2.58. The molecule has 0 aromatic heterocycles. The van der Waals surface area contributed by atoms with Crippen LogP contribution >= 0.6 is 0 Å². The summed E-state index contributed by atoms with van der Waals surface area (Å²) in [6.07, 6.45) is 0.429. The van der Waals surface area contributed by atoms with E-state index < -0.39 is 24.0 Å². The van der Waals surface area contributed by atoms with Gasteiger partial charge in [0.15, 0.2) is 5.78 Å². The number of ketones is 1. The highest BCUT2D eigenvalue weighted by molar-refractivity contribution is 5.91. The van der Waals surface area contributed by atoms with Crippen molar-refractivity contribution in [1.29, 1.82) is 0 Å². The molecule has 1 aromatic rings. The Hall–Kier alpha value is -2.41. The zero-order valence-corrected chi connectivity index (χ0v) is 15.0. The topological polar surface area (TPSA) is 113 Å². The maximum Gasteiger partial charge on any atom is 0.307 e. The van der Waals surface area contributed by atoms with Gasteiger partial charge in [0.25, 0.3) is 0 Å². The van der Waals surface area contributed by atoms with Crippen LogP contribution in [0.1, 0.15) is 31.7 Å². The highest BCUT2D eigenvalue weighted by Crippen LogP contribution is 2.27. The highest BCUT2D eigenvalue weighted by atomic mass is 16.5. The van der Waals surface area contributed by atoms with Gasteiger partial charge in [-0.05, 0) is 43.9 Å². The third-order valence-electron chi connectivity index (χ3n) is 4.76. The number of carboxylic acid groups (broad SMARTS) is 1.